The minimum absolute atomic E-state index is 0.0873. The zero-order valence-electron chi connectivity index (χ0n) is 19.2. The van der Waals surface area contributed by atoms with Gasteiger partial charge in [-0.3, -0.25) is 9.59 Å². The SMILES string of the molecule is CCCCC(=O)CS(C)(OS(=O)(=O)CC12CCC(CC1=O)C2(C)C)C1CCCCC1. The summed E-state index contributed by atoms with van der Waals surface area (Å²) in [7, 11) is -6.02. The molecular weight excluding hydrogens is 420 g/mol. The minimum Gasteiger partial charge on any atom is -0.299 e. The molecule has 30 heavy (non-hydrogen) atoms. The van der Waals surface area contributed by atoms with Gasteiger partial charge in [-0.05, 0) is 49.7 Å². The molecule has 0 aromatic rings. The molecule has 3 unspecified atom stereocenters. The first-order chi connectivity index (χ1) is 14.0. The zero-order valence-corrected chi connectivity index (χ0v) is 20.8. The zero-order chi connectivity index (χ0) is 22.2. The lowest BCUT2D eigenvalue weighted by Crippen LogP contribution is -2.43. The molecule has 0 amide bonds. The Morgan fingerprint density at radius 3 is 2.33 bits per heavy atom. The summed E-state index contributed by atoms with van der Waals surface area (Å²) in [6, 6.07) is 0. The molecule has 0 aliphatic heterocycles. The van der Waals surface area contributed by atoms with Gasteiger partial charge in [-0.1, -0.05) is 46.5 Å². The molecule has 3 fully saturated rings. The van der Waals surface area contributed by atoms with Gasteiger partial charge in [0, 0.05) is 18.1 Å². The number of rotatable bonds is 10. The van der Waals surface area contributed by atoms with Crippen LogP contribution in [0.3, 0.4) is 0 Å². The van der Waals surface area contributed by atoms with Crippen molar-refractivity contribution in [3.8, 4) is 0 Å². The highest BCUT2D eigenvalue weighted by Crippen LogP contribution is 2.65. The molecule has 3 atom stereocenters. The van der Waals surface area contributed by atoms with E-state index < -0.39 is 25.8 Å². The van der Waals surface area contributed by atoms with Crippen molar-refractivity contribution in [1.82, 2.24) is 0 Å². The summed E-state index contributed by atoms with van der Waals surface area (Å²) in [6.45, 7) is 6.15. The molecule has 0 N–H and O–H groups in total. The Morgan fingerprint density at radius 2 is 1.80 bits per heavy atom. The standard InChI is InChI=1S/C23H40O5S2/c1-5-6-10-19(24)16-29(4,20-11-8-7-9-12-20)28-30(26,27)17-23-14-13-18(15-21(23)25)22(23,2)3/h18,20H,5-17H2,1-4H3. The molecule has 5 nitrogen and oxygen atoms in total. The van der Waals surface area contributed by atoms with Gasteiger partial charge >= 0.3 is 0 Å². The predicted octanol–water partition coefficient (Wildman–Crippen LogP) is 5.17. The molecule has 0 spiro atoms. The second-order valence-corrected chi connectivity index (χ2v) is 15.6. The number of unbranched alkanes of at least 4 members (excludes halogenated alkanes) is 1. The lowest BCUT2D eigenvalue weighted by atomic mass is 9.70. The van der Waals surface area contributed by atoms with E-state index in [9.17, 15) is 18.0 Å². The van der Waals surface area contributed by atoms with Crippen molar-refractivity contribution in [2.24, 2.45) is 16.7 Å². The Morgan fingerprint density at radius 1 is 1.13 bits per heavy atom. The Hall–Kier alpha value is -0.400. The van der Waals surface area contributed by atoms with Gasteiger partial charge in [0.25, 0.3) is 10.1 Å². The van der Waals surface area contributed by atoms with E-state index in [0.29, 0.717) is 19.3 Å². The number of hydrogen-bond acceptors (Lipinski definition) is 5. The average Bonchev–Trinajstić information content (AvgIpc) is 3.00. The fourth-order valence-electron chi connectivity index (χ4n) is 6.20. The quantitative estimate of drug-likeness (QED) is 0.449. The first-order valence-electron chi connectivity index (χ1n) is 11.7. The van der Waals surface area contributed by atoms with Gasteiger partial charge in [0.15, 0.2) is 0 Å². The van der Waals surface area contributed by atoms with Gasteiger partial charge in [-0.15, -0.1) is 10.3 Å². The third-order valence-corrected chi connectivity index (χ3v) is 14.0. The van der Waals surface area contributed by atoms with E-state index >= 15 is 0 Å². The van der Waals surface area contributed by atoms with Crippen LogP contribution in [0.5, 0.6) is 0 Å². The fourth-order valence-corrected chi connectivity index (χ4v) is 12.6. The van der Waals surface area contributed by atoms with Crippen molar-refractivity contribution in [2.75, 3.05) is 17.8 Å². The third-order valence-electron chi connectivity index (χ3n) is 8.34. The van der Waals surface area contributed by atoms with Crippen molar-refractivity contribution >= 4 is 32.0 Å². The van der Waals surface area contributed by atoms with Crippen molar-refractivity contribution < 1.29 is 21.6 Å². The number of ketones is 2. The fraction of sp³-hybridized carbons (Fsp3) is 0.913. The second-order valence-electron chi connectivity index (χ2n) is 10.6. The monoisotopic (exact) mass is 460 g/mol. The van der Waals surface area contributed by atoms with E-state index in [1.807, 2.05) is 20.1 Å². The Balaban J connectivity index is 1.82. The topological polar surface area (TPSA) is 77.5 Å². The van der Waals surface area contributed by atoms with E-state index in [-0.39, 0.29) is 39.7 Å². The number of Topliss-reactive ketones (excluding diaryl/α,β-unsaturated/α-hetero) is 2. The smallest absolute Gasteiger partial charge is 0.277 e. The number of fused-ring (bicyclic) bond motifs is 2. The van der Waals surface area contributed by atoms with Crippen LogP contribution < -0.4 is 0 Å². The molecule has 0 radical (unpaired) electrons. The highest BCUT2D eigenvalue weighted by molar-refractivity contribution is 8.33. The van der Waals surface area contributed by atoms with Crippen LogP contribution in [0.25, 0.3) is 0 Å². The third kappa shape index (κ3) is 4.54. The van der Waals surface area contributed by atoms with Crippen LogP contribution in [0.1, 0.15) is 91.4 Å². The van der Waals surface area contributed by atoms with Crippen LogP contribution >= 0.6 is 10.3 Å². The summed E-state index contributed by atoms with van der Waals surface area (Å²) >= 11 is 0. The van der Waals surface area contributed by atoms with Crippen LogP contribution in [0.2, 0.25) is 0 Å². The maximum absolute atomic E-state index is 13.4. The first-order valence-corrected chi connectivity index (χ1v) is 15.5. The first kappa shape index (κ1) is 24.2. The normalized spacial score (nSPS) is 32.1. The Kier molecular flexibility index (Phi) is 7.16. The van der Waals surface area contributed by atoms with E-state index in [1.54, 1.807) is 0 Å². The molecule has 3 rings (SSSR count). The molecule has 0 aromatic carbocycles. The van der Waals surface area contributed by atoms with Gasteiger partial charge in [0.05, 0.1) is 16.9 Å². The van der Waals surface area contributed by atoms with Crippen LogP contribution in [0.15, 0.2) is 0 Å². The molecule has 0 saturated heterocycles. The summed E-state index contributed by atoms with van der Waals surface area (Å²) < 4.78 is 32.8. The van der Waals surface area contributed by atoms with Gasteiger partial charge in [-0.2, -0.15) is 8.42 Å². The van der Waals surface area contributed by atoms with Crippen molar-refractivity contribution in [3.63, 3.8) is 0 Å². The molecule has 0 heterocycles. The highest BCUT2D eigenvalue weighted by Gasteiger charge is 2.65. The van der Waals surface area contributed by atoms with Crippen LogP contribution in [-0.2, 0) is 23.3 Å². The largest absolute Gasteiger partial charge is 0.299 e. The van der Waals surface area contributed by atoms with Gasteiger partial charge < -0.3 is 0 Å². The van der Waals surface area contributed by atoms with E-state index in [4.69, 9.17) is 3.63 Å². The molecule has 2 bridgehead atoms. The maximum Gasteiger partial charge on any atom is 0.277 e. The number of hydrogen-bond donors (Lipinski definition) is 0. The van der Waals surface area contributed by atoms with Crippen LogP contribution in [-0.4, -0.2) is 43.0 Å². The molecule has 0 aromatic heterocycles. The van der Waals surface area contributed by atoms with Crippen molar-refractivity contribution in [1.29, 1.82) is 0 Å². The Labute approximate surface area is 184 Å². The van der Waals surface area contributed by atoms with Crippen molar-refractivity contribution in [3.05, 3.63) is 0 Å². The average molecular weight is 461 g/mol. The number of carbonyl (C=O) groups is 2. The summed E-state index contributed by atoms with van der Waals surface area (Å²) in [5.41, 5.74) is -1.14. The van der Waals surface area contributed by atoms with Gasteiger partial charge in [0.1, 0.15) is 11.6 Å². The maximum atomic E-state index is 13.4. The summed E-state index contributed by atoms with van der Waals surface area (Å²) in [4.78, 5) is 25.5. The summed E-state index contributed by atoms with van der Waals surface area (Å²) in [6.07, 6.45) is 11.4. The second kappa shape index (κ2) is 8.86. The molecule has 7 heteroatoms. The van der Waals surface area contributed by atoms with E-state index in [0.717, 1.165) is 51.4 Å². The molecule has 3 aliphatic carbocycles. The lowest BCUT2D eigenvalue weighted by molar-refractivity contribution is -0.128. The summed E-state index contributed by atoms with van der Waals surface area (Å²) in [5, 5.41) is 0.146. The predicted molar refractivity (Wildman–Crippen MR) is 123 cm³/mol. The van der Waals surface area contributed by atoms with Gasteiger partial charge in [-0.25, -0.2) is 3.63 Å². The minimum atomic E-state index is -3.92. The Bertz CT molecular complexity index is 768. The highest BCUT2D eigenvalue weighted by atomic mass is 32.3. The summed E-state index contributed by atoms with van der Waals surface area (Å²) in [5.74, 6) is 0.480. The van der Waals surface area contributed by atoms with Crippen LogP contribution in [0, 0.1) is 16.7 Å². The molecule has 3 aliphatic rings. The van der Waals surface area contributed by atoms with E-state index in [1.165, 1.54) is 0 Å². The molecule has 3 saturated carbocycles. The molecular formula is C23H40O5S2. The van der Waals surface area contributed by atoms with Crippen molar-refractivity contribution in [2.45, 2.75) is 96.7 Å². The lowest BCUT2D eigenvalue weighted by Gasteiger charge is -2.44. The van der Waals surface area contributed by atoms with Crippen LogP contribution in [0.4, 0.5) is 0 Å². The van der Waals surface area contributed by atoms with E-state index in [2.05, 4.69) is 6.92 Å². The molecule has 174 valence electrons. The van der Waals surface area contributed by atoms with Gasteiger partial charge in [0.2, 0.25) is 0 Å². The number of carbonyl (C=O) groups excluding carboxylic acids is 2.